The molecule has 0 spiro atoms. The molecule has 0 aliphatic heterocycles. The lowest BCUT2D eigenvalue weighted by Gasteiger charge is -2.11. The molecule has 0 radical (unpaired) electrons. The Labute approximate surface area is 163 Å². The minimum absolute atomic E-state index is 0.263. The number of aromatic nitrogens is 3. The van der Waals surface area contributed by atoms with Gasteiger partial charge < -0.3 is 9.47 Å². The highest BCUT2D eigenvalue weighted by Gasteiger charge is 2.09. The van der Waals surface area contributed by atoms with Gasteiger partial charge in [-0.15, -0.1) is 0 Å². The van der Waals surface area contributed by atoms with Crippen LogP contribution in [-0.4, -0.2) is 27.7 Å². The molecule has 0 aliphatic rings. The Morgan fingerprint density at radius 3 is 2.48 bits per heavy atom. The van der Waals surface area contributed by atoms with Crippen LogP contribution in [0.4, 0.5) is 0 Å². The van der Waals surface area contributed by atoms with Crippen LogP contribution in [0.1, 0.15) is 29.4 Å². The number of aromatic amines is 1. The number of para-hydroxylation sites is 1. The normalized spacial score (nSPS) is 11.1. The van der Waals surface area contributed by atoms with Gasteiger partial charge in [-0.1, -0.05) is 18.2 Å². The molecule has 0 aliphatic carbocycles. The fourth-order valence-corrected chi connectivity index (χ4v) is 2.84. The lowest BCUT2D eigenvalue weighted by atomic mass is 10.1. The highest BCUT2D eigenvalue weighted by molar-refractivity contribution is 7.71. The van der Waals surface area contributed by atoms with Crippen molar-refractivity contribution in [3.05, 3.63) is 69.8 Å². The number of hydrogen-bond acceptors (Lipinski definition) is 5. The molecule has 0 saturated heterocycles. The standard InChI is InChI=1S/C20H22N4O2S/c1-4-25-17-10-8-16(9-11-17)12-21-24-18(22-23-20(24)27)13-26-19-14(2)6-5-7-15(19)3/h5-12H,4,13H2,1-3H3,(H,23,27)/b21-12-. The van der Waals surface area contributed by atoms with E-state index in [1.165, 1.54) is 0 Å². The van der Waals surface area contributed by atoms with Crippen molar-refractivity contribution in [2.45, 2.75) is 27.4 Å². The first kappa shape index (κ1) is 18.8. The predicted octanol–water partition coefficient (Wildman–Crippen LogP) is 4.42. The third kappa shape index (κ3) is 4.62. The van der Waals surface area contributed by atoms with Crippen LogP contribution >= 0.6 is 12.2 Å². The first-order chi connectivity index (χ1) is 13.1. The molecule has 3 rings (SSSR count). The molecule has 0 bridgehead atoms. The zero-order chi connectivity index (χ0) is 19.2. The van der Waals surface area contributed by atoms with Gasteiger partial charge in [-0.25, -0.2) is 5.10 Å². The van der Waals surface area contributed by atoms with E-state index in [1.807, 2.05) is 63.2 Å². The first-order valence-electron chi connectivity index (χ1n) is 8.71. The maximum atomic E-state index is 5.96. The van der Waals surface area contributed by atoms with Gasteiger partial charge in [0.1, 0.15) is 18.1 Å². The van der Waals surface area contributed by atoms with Crippen LogP contribution in [0.3, 0.4) is 0 Å². The molecule has 0 fully saturated rings. The molecule has 0 amide bonds. The van der Waals surface area contributed by atoms with Gasteiger partial charge in [0.15, 0.2) is 5.82 Å². The summed E-state index contributed by atoms with van der Waals surface area (Å²) >= 11 is 5.28. The summed E-state index contributed by atoms with van der Waals surface area (Å²) in [6.07, 6.45) is 1.73. The van der Waals surface area contributed by atoms with Crippen molar-refractivity contribution in [1.82, 2.24) is 14.9 Å². The average molecular weight is 382 g/mol. The van der Waals surface area contributed by atoms with Crippen molar-refractivity contribution in [1.29, 1.82) is 0 Å². The topological polar surface area (TPSA) is 64.4 Å². The number of aryl methyl sites for hydroxylation is 2. The van der Waals surface area contributed by atoms with Crippen LogP contribution in [0.2, 0.25) is 0 Å². The van der Waals surface area contributed by atoms with E-state index in [4.69, 9.17) is 21.7 Å². The third-order valence-electron chi connectivity index (χ3n) is 3.99. The molecule has 27 heavy (non-hydrogen) atoms. The molecule has 1 aromatic heterocycles. The molecule has 3 aromatic rings. The third-order valence-corrected chi connectivity index (χ3v) is 4.25. The van der Waals surface area contributed by atoms with Crippen LogP contribution in [-0.2, 0) is 6.61 Å². The lowest BCUT2D eigenvalue weighted by Crippen LogP contribution is -2.05. The Kier molecular flexibility index (Phi) is 6.03. The van der Waals surface area contributed by atoms with E-state index in [1.54, 1.807) is 10.9 Å². The van der Waals surface area contributed by atoms with Crippen LogP contribution in [0, 0.1) is 18.6 Å². The number of H-pyrrole nitrogens is 1. The minimum Gasteiger partial charge on any atom is -0.494 e. The molecular formula is C20H22N4O2S. The van der Waals surface area contributed by atoms with E-state index in [0.29, 0.717) is 17.2 Å². The van der Waals surface area contributed by atoms with E-state index in [2.05, 4.69) is 15.3 Å². The summed E-state index contributed by atoms with van der Waals surface area (Å²) in [5.41, 5.74) is 3.09. The van der Waals surface area contributed by atoms with Crippen LogP contribution in [0.5, 0.6) is 11.5 Å². The summed E-state index contributed by atoms with van der Waals surface area (Å²) in [4.78, 5) is 0. The van der Waals surface area contributed by atoms with Gasteiger partial charge in [-0.05, 0) is 73.9 Å². The Balaban J connectivity index is 1.75. The van der Waals surface area contributed by atoms with Crippen molar-refractivity contribution < 1.29 is 9.47 Å². The summed E-state index contributed by atoms with van der Waals surface area (Å²) in [5.74, 6) is 2.29. The molecule has 1 heterocycles. The van der Waals surface area contributed by atoms with Crippen molar-refractivity contribution >= 4 is 18.4 Å². The van der Waals surface area contributed by atoms with Gasteiger partial charge in [0.05, 0.1) is 12.8 Å². The molecule has 140 valence electrons. The maximum absolute atomic E-state index is 5.96. The van der Waals surface area contributed by atoms with E-state index in [0.717, 1.165) is 28.2 Å². The van der Waals surface area contributed by atoms with Crippen molar-refractivity contribution in [2.24, 2.45) is 5.10 Å². The van der Waals surface area contributed by atoms with Gasteiger partial charge in [-0.2, -0.15) is 14.9 Å². The summed E-state index contributed by atoms with van der Waals surface area (Å²) in [5, 5.41) is 11.4. The van der Waals surface area contributed by atoms with Gasteiger partial charge in [0.25, 0.3) is 0 Å². The maximum Gasteiger partial charge on any atom is 0.216 e. The van der Waals surface area contributed by atoms with Crippen LogP contribution in [0.25, 0.3) is 0 Å². The second-order valence-electron chi connectivity index (χ2n) is 6.01. The molecule has 1 N–H and O–H groups in total. The summed E-state index contributed by atoms with van der Waals surface area (Å²) in [6.45, 7) is 6.89. The fraction of sp³-hybridized carbons (Fsp3) is 0.250. The minimum atomic E-state index is 0.263. The van der Waals surface area contributed by atoms with Crippen molar-refractivity contribution in [3.63, 3.8) is 0 Å². The SMILES string of the molecule is CCOc1ccc(/C=N\n2c(COc3c(C)cccc3C)n[nH]c2=S)cc1. The molecule has 0 atom stereocenters. The van der Waals surface area contributed by atoms with E-state index >= 15 is 0 Å². The van der Waals surface area contributed by atoms with E-state index in [9.17, 15) is 0 Å². The zero-order valence-electron chi connectivity index (χ0n) is 15.6. The number of rotatable bonds is 7. The number of nitrogens with one attached hydrogen (secondary N) is 1. The molecule has 7 heteroatoms. The largest absolute Gasteiger partial charge is 0.494 e. The smallest absolute Gasteiger partial charge is 0.216 e. The number of benzene rings is 2. The van der Waals surface area contributed by atoms with Crippen LogP contribution < -0.4 is 9.47 Å². The Hall–Kier alpha value is -2.93. The van der Waals surface area contributed by atoms with E-state index in [-0.39, 0.29) is 6.61 Å². The molecular weight excluding hydrogens is 360 g/mol. The second-order valence-corrected chi connectivity index (χ2v) is 6.40. The predicted molar refractivity (Wildman–Crippen MR) is 108 cm³/mol. The fourth-order valence-electron chi connectivity index (χ4n) is 2.64. The summed E-state index contributed by atoms with van der Waals surface area (Å²) in [6, 6.07) is 13.7. The number of ether oxygens (including phenoxy) is 2. The van der Waals surface area contributed by atoms with Gasteiger partial charge in [-0.3, -0.25) is 0 Å². The van der Waals surface area contributed by atoms with Crippen molar-refractivity contribution in [2.75, 3.05) is 6.61 Å². The van der Waals surface area contributed by atoms with Gasteiger partial charge in [0, 0.05) is 0 Å². The average Bonchev–Trinajstić information content (AvgIpc) is 3.01. The van der Waals surface area contributed by atoms with Gasteiger partial charge >= 0.3 is 0 Å². The first-order valence-corrected chi connectivity index (χ1v) is 9.12. The number of hydrogen-bond donors (Lipinski definition) is 1. The zero-order valence-corrected chi connectivity index (χ0v) is 16.4. The Bertz CT molecular complexity index is 970. The Morgan fingerprint density at radius 2 is 1.81 bits per heavy atom. The lowest BCUT2D eigenvalue weighted by molar-refractivity contribution is 0.287. The second kappa shape index (κ2) is 8.64. The summed E-state index contributed by atoms with van der Waals surface area (Å²) < 4.78 is 13.4. The molecule has 0 saturated carbocycles. The monoisotopic (exact) mass is 382 g/mol. The Morgan fingerprint density at radius 1 is 1.11 bits per heavy atom. The molecule has 0 unspecified atom stereocenters. The van der Waals surface area contributed by atoms with Crippen molar-refractivity contribution in [3.8, 4) is 11.5 Å². The quantitative estimate of drug-likeness (QED) is 0.485. The molecule has 2 aromatic carbocycles. The highest BCUT2D eigenvalue weighted by Crippen LogP contribution is 2.23. The summed E-state index contributed by atoms with van der Waals surface area (Å²) in [7, 11) is 0. The molecule has 6 nitrogen and oxygen atoms in total. The highest BCUT2D eigenvalue weighted by atomic mass is 32.1. The van der Waals surface area contributed by atoms with E-state index < -0.39 is 0 Å². The van der Waals surface area contributed by atoms with Gasteiger partial charge in [0.2, 0.25) is 4.77 Å². The van der Waals surface area contributed by atoms with Crippen LogP contribution in [0.15, 0.2) is 47.6 Å². The number of nitrogens with zero attached hydrogens (tertiary/aromatic N) is 3.